The summed E-state index contributed by atoms with van der Waals surface area (Å²) in [6.07, 6.45) is 29.9. The Hall–Kier alpha value is -5.91. The van der Waals surface area contributed by atoms with Crippen LogP contribution in [0.15, 0.2) is 120 Å². The topological polar surface area (TPSA) is 54.6 Å². The van der Waals surface area contributed by atoms with E-state index in [1.165, 1.54) is 140 Å². The Morgan fingerprint density at radius 1 is 0.486 bits per heavy atom. The van der Waals surface area contributed by atoms with Gasteiger partial charge in [-0.25, -0.2) is 14.7 Å². The highest BCUT2D eigenvalue weighted by Gasteiger charge is 2.42. The molecule has 0 atom stereocenters. The number of aliphatic hydroxyl groups excluding tert-OH is 1. The molecule has 2 aliphatic rings. The van der Waals surface area contributed by atoms with E-state index in [2.05, 4.69) is 145 Å². The number of aliphatic hydroxyl groups is 1. The Kier molecular flexibility index (Phi) is 21.2. The predicted molar refractivity (Wildman–Crippen MR) is 308 cm³/mol. The van der Waals surface area contributed by atoms with Crippen LogP contribution < -0.4 is 4.90 Å². The molecule has 0 unspecified atom stereocenters. The molecule has 2 aliphatic carbocycles. The van der Waals surface area contributed by atoms with Crippen LogP contribution in [0.3, 0.4) is 0 Å². The minimum absolute atomic E-state index is 0.00724. The fourth-order valence-corrected chi connectivity index (χ4v) is 11.7. The molecule has 5 aromatic rings. The molecule has 378 valence electrons. The number of hydrogen-bond acceptors (Lipinski definition) is 3. The number of benzene rings is 5. The molecule has 5 nitrogen and oxygen atoms in total. The molecular formula is C67H85N4O+. The smallest absolute Gasteiger partial charge is 0.270 e. The number of unbranched alkanes of at least 4 members (excludes halogenated alkanes) is 20. The van der Waals surface area contributed by atoms with Crippen LogP contribution in [0.5, 0.6) is 0 Å². The first-order valence-electron chi connectivity index (χ1n) is 28.7. The van der Waals surface area contributed by atoms with E-state index in [1.54, 1.807) is 0 Å². The highest BCUT2D eigenvalue weighted by Crippen LogP contribution is 2.56. The molecule has 1 N–H and O–H groups in total. The number of anilines is 1. The molecule has 0 spiro atoms. The summed E-state index contributed by atoms with van der Waals surface area (Å²) in [5.74, 6) is 0.152. The van der Waals surface area contributed by atoms with E-state index in [4.69, 9.17) is 6.57 Å². The van der Waals surface area contributed by atoms with Gasteiger partial charge in [0.1, 0.15) is 18.8 Å². The van der Waals surface area contributed by atoms with E-state index < -0.39 is 0 Å². The summed E-state index contributed by atoms with van der Waals surface area (Å²) in [6, 6.07) is 37.1. The minimum Gasteiger partial charge on any atom is -0.507 e. The fraction of sp³-hybridized carbons (Fsp3) is 0.478. The van der Waals surface area contributed by atoms with Crippen molar-refractivity contribution in [3.63, 3.8) is 0 Å². The third-order valence-electron chi connectivity index (χ3n) is 15.5. The van der Waals surface area contributed by atoms with Crippen LogP contribution in [0, 0.1) is 17.9 Å². The lowest BCUT2D eigenvalue weighted by atomic mass is 9.69. The maximum absolute atomic E-state index is 13.1. The molecule has 7 rings (SSSR count). The van der Waals surface area contributed by atoms with Gasteiger partial charge in [0.2, 0.25) is 5.71 Å². The van der Waals surface area contributed by atoms with Gasteiger partial charge in [0.15, 0.2) is 0 Å². The summed E-state index contributed by atoms with van der Waals surface area (Å²) in [5.41, 5.74) is 10.4. The van der Waals surface area contributed by atoms with Gasteiger partial charge in [0.05, 0.1) is 29.5 Å². The number of rotatable bonds is 30. The van der Waals surface area contributed by atoms with Gasteiger partial charge < -0.3 is 10.0 Å². The SMILES string of the molecule is [C-]#[N+]C(C#N)=C1C(=C2c3ccccc3C(=[N+](CCCCCCCC)CCCCCCCC)c3ccccc32)C(O)=C1c1c2ccccc2c(N(CCCCCCCC)CCCCCCCC)c2ccccc12. The third kappa shape index (κ3) is 12.6. The van der Waals surface area contributed by atoms with Crippen molar-refractivity contribution < 1.29 is 9.68 Å². The standard InChI is InChI=1S/C67H84N4O/c1-6-10-14-18-22-34-46-70(47-35-23-19-15-11-7-2)65-55-42-30-26-38-51(55)60(52-39-27-31-43-56(52)65)63-62(59(50-68)69-5)64(67(63)72)61-53-40-28-32-44-57(53)66(58-45-33-29-41-54(58)61)71(48-36-24-20-16-12-8-3)49-37-25-21-17-13-9-4/h26-33,38-45H,6-25,34-37,46-49H2,1-4H3/p+1. The van der Waals surface area contributed by atoms with Crippen LogP contribution in [-0.2, 0) is 0 Å². The van der Waals surface area contributed by atoms with Crippen molar-refractivity contribution in [3.8, 4) is 6.07 Å². The average Bonchev–Trinajstić information content (AvgIpc) is 3.41. The van der Waals surface area contributed by atoms with Crippen molar-refractivity contribution in [3.05, 3.63) is 159 Å². The van der Waals surface area contributed by atoms with Gasteiger partial charge >= 0.3 is 0 Å². The lowest BCUT2D eigenvalue weighted by Gasteiger charge is -2.35. The molecule has 5 heteroatoms. The van der Waals surface area contributed by atoms with E-state index in [0.29, 0.717) is 16.7 Å². The molecule has 0 heterocycles. The number of nitriles is 1. The molecule has 0 aromatic heterocycles. The van der Waals surface area contributed by atoms with Gasteiger partial charge in [-0.1, -0.05) is 228 Å². The maximum atomic E-state index is 13.1. The summed E-state index contributed by atoms with van der Waals surface area (Å²) in [4.78, 5) is 6.62. The Bertz CT molecular complexity index is 2650. The first-order valence-corrected chi connectivity index (χ1v) is 28.7. The quantitative estimate of drug-likeness (QED) is 0.0161. The fourth-order valence-electron chi connectivity index (χ4n) is 11.7. The third-order valence-corrected chi connectivity index (χ3v) is 15.5. The number of nitrogens with zero attached hydrogens (tertiary/aromatic N) is 4. The summed E-state index contributed by atoms with van der Waals surface area (Å²) in [6.45, 7) is 21.6. The maximum Gasteiger partial charge on any atom is 0.270 e. The van der Waals surface area contributed by atoms with E-state index in [9.17, 15) is 10.4 Å². The summed E-state index contributed by atoms with van der Waals surface area (Å²) >= 11 is 0. The Labute approximate surface area is 434 Å². The Morgan fingerprint density at radius 2 is 0.861 bits per heavy atom. The monoisotopic (exact) mass is 962 g/mol. The molecule has 0 saturated carbocycles. The van der Waals surface area contributed by atoms with Crippen molar-refractivity contribution >= 4 is 44.1 Å². The molecule has 0 radical (unpaired) electrons. The molecule has 0 amide bonds. The van der Waals surface area contributed by atoms with Gasteiger partial charge in [0.25, 0.3) is 5.70 Å². The van der Waals surface area contributed by atoms with Gasteiger partial charge in [-0.05, 0) is 59.7 Å². The minimum atomic E-state index is 0.00724. The van der Waals surface area contributed by atoms with Crippen molar-refractivity contribution in [2.75, 3.05) is 31.1 Å². The molecule has 0 aliphatic heterocycles. The van der Waals surface area contributed by atoms with E-state index in [0.717, 1.165) is 107 Å². The summed E-state index contributed by atoms with van der Waals surface area (Å²) < 4.78 is 2.67. The predicted octanol–water partition coefficient (Wildman–Crippen LogP) is 18.9. The van der Waals surface area contributed by atoms with Crippen LogP contribution in [0.2, 0.25) is 0 Å². The van der Waals surface area contributed by atoms with Crippen molar-refractivity contribution in [1.29, 1.82) is 5.26 Å². The highest BCUT2D eigenvalue weighted by atomic mass is 16.3. The zero-order valence-corrected chi connectivity index (χ0v) is 44.8. The molecule has 5 aromatic carbocycles. The van der Waals surface area contributed by atoms with E-state index in [1.807, 2.05) is 0 Å². The van der Waals surface area contributed by atoms with Crippen LogP contribution >= 0.6 is 0 Å². The average molecular weight is 962 g/mol. The first kappa shape index (κ1) is 53.9. The summed E-state index contributed by atoms with van der Waals surface area (Å²) in [5, 5.41) is 28.4. The number of fused-ring (bicyclic) bond motifs is 4. The molecule has 72 heavy (non-hydrogen) atoms. The van der Waals surface area contributed by atoms with E-state index in [-0.39, 0.29) is 11.5 Å². The van der Waals surface area contributed by atoms with Crippen molar-refractivity contribution in [1.82, 2.24) is 0 Å². The lowest BCUT2D eigenvalue weighted by molar-refractivity contribution is -0.528. The van der Waals surface area contributed by atoms with Gasteiger partial charge in [0, 0.05) is 64.6 Å². The zero-order chi connectivity index (χ0) is 50.5. The van der Waals surface area contributed by atoms with Crippen LogP contribution in [0.1, 0.15) is 210 Å². The molecule has 0 saturated heterocycles. The normalized spacial score (nSPS) is 13.8. The highest BCUT2D eigenvalue weighted by molar-refractivity contribution is 6.25. The van der Waals surface area contributed by atoms with Crippen LogP contribution in [-0.4, -0.2) is 41.6 Å². The second-order valence-electron chi connectivity index (χ2n) is 20.7. The first-order chi connectivity index (χ1) is 35.5. The van der Waals surface area contributed by atoms with Crippen molar-refractivity contribution in [2.24, 2.45) is 0 Å². The van der Waals surface area contributed by atoms with Gasteiger partial charge in [-0.2, -0.15) is 0 Å². The van der Waals surface area contributed by atoms with Crippen LogP contribution in [0.25, 0.3) is 37.5 Å². The number of allylic oxidation sites excluding steroid dienone is 3. The number of hydrogen-bond donors (Lipinski definition) is 1. The van der Waals surface area contributed by atoms with Crippen LogP contribution in [0.4, 0.5) is 5.69 Å². The van der Waals surface area contributed by atoms with E-state index >= 15 is 0 Å². The molecular weight excluding hydrogens is 877 g/mol. The molecule has 0 fully saturated rings. The lowest BCUT2D eigenvalue weighted by Crippen LogP contribution is -2.30. The largest absolute Gasteiger partial charge is 0.507 e. The van der Waals surface area contributed by atoms with Gasteiger partial charge in [-0.15, -0.1) is 0 Å². The summed E-state index contributed by atoms with van der Waals surface area (Å²) in [7, 11) is 0. The second-order valence-corrected chi connectivity index (χ2v) is 20.7. The van der Waals surface area contributed by atoms with Crippen molar-refractivity contribution in [2.45, 2.75) is 182 Å². The zero-order valence-electron chi connectivity index (χ0n) is 44.8. The Balaban J connectivity index is 1.40. The van der Waals surface area contributed by atoms with Gasteiger partial charge in [-0.3, -0.25) is 0 Å². The molecule has 0 bridgehead atoms. The Morgan fingerprint density at radius 3 is 1.28 bits per heavy atom. The second kappa shape index (κ2) is 28.4.